The predicted octanol–water partition coefficient (Wildman–Crippen LogP) is 4.63. The highest BCUT2D eigenvalue weighted by molar-refractivity contribution is 7.92. The number of hydrogen-bond donors (Lipinski definition) is 1. The smallest absolute Gasteiger partial charge is 0.264 e. The van der Waals surface area contributed by atoms with Gasteiger partial charge in [-0.25, -0.2) is 8.42 Å². The second-order valence-electron chi connectivity index (χ2n) is 7.96. The van der Waals surface area contributed by atoms with Crippen LogP contribution in [-0.4, -0.2) is 21.4 Å². The third kappa shape index (κ3) is 4.35. The first-order valence-electron chi connectivity index (χ1n) is 10.4. The standard InChI is InChI=1S/C25H26N2O3S/c1-18-8-5-12-21(16-18)27(2)31(29,30)22-13-6-11-20(17-22)25(28)26-24-15-7-10-19-9-3-4-14-23(19)24/h3-6,8-9,11-14,16-17,24H,7,10,15H2,1-2H3,(H,26,28). The van der Waals surface area contributed by atoms with Crippen LogP contribution in [0.15, 0.2) is 77.7 Å². The Bertz CT molecular complexity index is 1220. The number of amides is 1. The summed E-state index contributed by atoms with van der Waals surface area (Å²) in [6, 6.07) is 21.6. The lowest BCUT2D eigenvalue weighted by atomic mass is 9.87. The van der Waals surface area contributed by atoms with Gasteiger partial charge >= 0.3 is 0 Å². The largest absolute Gasteiger partial charge is 0.345 e. The van der Waals surface area contributed by atoms with Gasteiger partial charge in [0.15, 0.2) is 0 Å². The fourth-order valence-corrected chi connectivity index (χ4v) is 5.30. The van der Waals surface area contributed by atoms with Gasteiger partial charge in [0.25, 0.3) is 15.9 Å². The highest BCUT2D eigenvalue weighted by Gasteiger charge is 2.25. The molecule has 1 aliphatic rings. The van der Waals surface area contributed by atoms with Gasteiger partial charge in [0.05, 0.1) is 16.6 Å². The van der Waals surface area contributed by atoms with E-state index in [9.17, 15) is 13.2 Å². The molecule has 1 unspecified atom stereocenters. The lowest BCUT2D eigenvalue weighted by molar-refractivity contribution is 0.0932. The van der Waals surface area contributed by atoms with Crippen LogP contribution in [0.1, 0.15) is 45.9 Å². The quantitative estimate of drug-likeness (QED) is 0.637. The molecule has 5 nitrogen and oxygen atoms in total. The fourth-order valence-electron chi connectivity index (χ4n) is 4.06. The lowest BCUT2D eigenvalue weighted by Gasteiger charge is -2.26. The monoisotopic (exact) mass is 434 g/mol. The van der Waals surface area contributed by atoms with Crippen molar-refractivity contribution in [3.05, 3.63) is 95.1 Å². The van der Waals surface area contributed by atoms with E-state index < -0.39 is 10.0 Å². The van der Waals surface area contributed by atoms with E-state index in [4.69, 9.17) is 0 Å². The van der Waals surface area contributed by atoms with Gasteiger partial charge in [-0.15, -0.1) is 0 Å². The normalized spacial score (nSPS) is 15.7. The van der Waals surface area contributed by atoms with Crippen LogP contribution in [0.2, 0.25) is 0 Å². The predicted molar refractivity (Wildman–Crippen MR) is 123 cm³/mol. The molecule has 160 valence electrons. The van der Waals surface area contributed by atoms with E-state index in [1.807, 2.05) is 37.3 Å². The number of anilines is 1. The summed E-state index contributed by atoms with van der Waals surface area (Å²) in [5.41, 5.74) is 4.29. The number of rotatable bonds is 5. The van der Waals surface area contributed by atoms with Crippen molar-refractivity contribution in [2.45, 2.75) is 37.1 Å². The van der Waals surface area contributed by atoms with Crippen molar-refractivity contribution in [2.24, 2.45) is 0 Å². The van der Waals surface area contributed by atoms with Crippen molar-refractivity contribution in [3.63, 3.8) is 0 Å². The van der Waals surface area contributed by atoms with Crippen molar-refractivity contribution < 1.29 is 13.2 Å². The van der Waals surface area contributed by atoms with E-state index in [1.54, 1.807) is 18.2 Å². The second kappa shape index (κ2) is 8.55. The van der Waals surface area contributed by atoms with Gasteiger partial charge in [0.1, 0.15) is 0 Å². The Kier molecular flexibility index (Phi) is 5.83. The SMILES string of the molecule is Cc1cccc(N(C)S(=O)(=O)c2cccc(C(=O)NC3CCCc4ccccc43)c2)c1. The van der Waals surface area contributed by atoms with Gasteiger partial charge < -0.3 is 5.32 Å². The van der Waals surface area contributed by atoms with Crippen LogP contribution >= 0.6 is 0 Å². The molecule has 0 aliphatic heterocycles. The Labute approximate surface area is 183 Å². The van der Waals surface area contributed by atoms with Crippen LogP contribution in [0.3, 0.4) is 0 Å². The van der Waals surface area contributed by atoms with Crippen LogP contribution in [-0.2, 0) is 16.4 Å². The number of aryl methyl sites for hydroxylation is 2. The molecule has 1 N–H and O–H groups in total. The average molecular weight is 435 g/mol. The summed E-state index contributed by atoms with van der Waals surface area (Å²) < 4.78 is 27.6. The molecule has 3 aromatic carbocycles. The van der Waals surface area contributed by atoms with E-state index in [0.717, 1.165) is 30.4 Å². The Hall–Kier alpha value is -3.12. The first-order valence-corrected chi connectivity index (χ1v) is 11.8. The summed E-state index contributed by atoms with van der Waals surface area (Å²) >= 11 is 0. The molecule has 3 aromatic rings. The minimum atomic E-state index is -3.79. The topological polar surface area (TPSA) is 66.5 Å². The molecule has 0 heterocycles. The molecule has 0 fully saturated rings. The lowest BCUT2D eigenvalue weighted by Crippen LogP contribution is -2.31. The maximum atomic E-state index is 13.2. The number of benzene rings is 3. The Morgan fingerprint density at radius 2 is 1.77 bits per heavy atom. The molecule has 0 saturated heterocycles. The van der Waals surface area contributed by atoms with Gasteiger partial charge in [0, 0.05) is 12.6 Å². The summed E-state index contributed by atoms with van der Waals surface area (Å²) in [7, 11) is -2.27. The van der Waals surface area contributed by atoms with Crippen LogP contribution in [0, 0.1) is 6.92 Å². The molecular weight excluding hydrogens is 408 g/mol. The second-order valence-corrected chi connectivity index (χ2v) is 9.93. The molecule has 0 saturated carbocycles. The summed E-state index contributed by atoms with van der Waals surface area (Å²) in [4.78, 5) is 13.1. The molecule has 0 spiro atoms. The number of nitrogens with one attached hydrogen (secondary N) is 1. The summed E-state index contributed by atoms with van der Waals surface area (Å²) in [6.45, 7) is 1.92. The molecular formula is C25H26N2O3S. The van der Waals surface area contributed by atoms with E-state index >= 15 is 0 Å². The Morgan fingerprint density at radius 1 is 1.00 bits per heavy atom. The maximum Gasteiger partial charge on any atom is 0.264 e. The van der Waals surface area contributed by atoms with E-state index in [1.165, 1.54) is 29.0 Å². The Balaban J connectivity index is 1.58. The first kappa shape index (κ1) is 21.1. The third-order valence-electron chi connectivity index (χ3n) is 5.79. The van der Waals surface area contributed by atoms with Crippen LogP contribution in [0.4, 0.5) is 5.69 Å². The van der Waals surface area contributed by atoms with E-state index in [-0.39, 0.29) is 16.8 Å². The molecule has 1 atom stereocenters. The number of fused-ring (bicyclic) bond motifs is 1. The molecule has 6 heteroatoms. The van der Waals surface area contributed by atoms with Crippen molar-refractivity contribution in [1.82, 2.24) is 5.32 Å². The van der Waals surface area contributed by atoms with Crippen LogP contribution < -0.4 is 9.62 Å². The highest BCUT2D eigenvalue weighted by atomic mass is 32.2. The van der Waals surface area contributed by atoms with Crippen molar-refractivity contribution in [3.8, 4) is 0 Å². The van der Waals surface area contributed by atoms with Crippen LogP contribution in [0.5, 0.6) is 0 Å². The van der Waals surface area contributed by atoms with Gasteiger partial charge in [-0.3, -0.25) is 9.10 Å². The molecule has 0 radical (unpaired) electrons. The number of nitrogens with zero attached hydrogens (tertiary/aromatic N) is 1. The van der Waals surface area contributed by atoms with Crippen molar-refractivity contribution >= 4 is 21.6 Å². The average Bonchev–Trinajstić information content (AvgIpc) is 2.79. The number of carbonyl (C=O) groups excluding carboxylic acids is 1. The summed E-state index contributed by atoms with van der Waals surface area (Å²) in [5, 5.41) is 3.09. The minimum Gasteiger partial charge on any atom is -0.345 e. The first-order chi connectivity index (χ1) is 14.9. The zero-order valence-corrected chi connectivity index (χ0v) is 18.5. The number of carbonyl (C=O) groups is 1. The van der Waals surface area contributed by atoms with Gasteiger partial charge in [0.2, 0.25) is 0 Å². The number of sulfonamides is 1. The fraction of sp³-hybridized carbons (Fsp3) is 0.240. The molecule has 1 aliphatic carbocycles. The molecule has 4 rings (SSSR count). The maximum absolute atomic E-state index is 13.2. The van der Waals surface area contributed by atoms with Gasteiger partial charge in [-0.2, -0.15) is 0 Å². The van der Waals surface area contributed by atoms with E-state index in [0.29, 0.717) is 11.3 Å². The van der Waals surface area contributed by atoms with Crippen LogP contribution in [0.25, 0.3) is 0 Å². The highest BCUT2D eigenvalue weighted by Crippen LogP contribution is 2.30. The molecule has 31 heavy (non-hydrogen) atoms. The molecule has 0 aromatic heterocycles. The zero-order chi connectivity index (χ0) is 22.0. The summed E-state index contributed by atoms with van der Waals surface area (Å²) in [5.74, 6) is -0.267. The minimum absolute atomic E-state index is 0.0623. The van der Waals surface area contributed by atoms with Gasteiger partial charge in [-0.1, -0.05) is 42.5 Å². The zero-order valence-electron chi connectivity index (χ0n) is 17.7. The Morgan fingerprint density at radius 3 is 2.58 bits per heavy atom. The molecule has 1 amide bonds. The molecule has 0 bridgehead atoms. The third-order valence-corrected chi connectivity index (χ3v) is 7.58. The summed E-state index contributed by atoms with van der Waals surface area (Å²) in [6.07, 6.45) is 2.90. The van der Waals surface area contributed by atoms with Gasteiger partial charge in [-0.05, 0) is 73.2 Å². The van der Waals surface area contributed by atoms with Crippen molar-refractivity contribution in [2.75, 3.05) is 11.4 Å². The van der Waals surface area contributed by atoms with Crippen molar-refractivity contribution in [1.29, 1.82) is 0 Å². The van der Waals surface area contributed by atoms with E-state index in [2.05, 4.69) is 17.4 Å². The number of hydrogen-bond acceptors (Lipinski definition) is 3.